The van der Waals surface area contributed by atoms with Crippen LogP contribution >= 0.6 is 11.3 Å². The molecule has 110 valence electrons. The van der Waals surface area contributed by atoms with E-state index in [2.05, 4.69) is 44.9 Å². The van der Waals surface area contributed by atoms with Gasteiger partial charge in [-0.25, -0.2) is 4.98 Å². The first kappa shape index (κ1) is 16.6. The maximum Gasteiger partial charge on any atom is 0.107 e. The van der Waals surface area contributed by atoms with E-state index in [0.29, 0.717) is 6.04 Å². The van der Waals surface area contributed by atoms with E-state index in [9.17, 15) is 5.11 Å². The maximum atomic E-state index is 9.23. The molecule has 19 heavy (non-hydrogen) atoms. The van der Waals surface area contributed by atoms with Gasteiger partial charge in [0.2, 0.25) is 0 Å². The van der Waals surface area contributed by atoms with Gasteiger partial charge in [0.25, 0.3) is 0 Å². The molecule has 3 nitrogen and oxygen atoms in total. The molecule has 0 unspecified atom stereocenters. The second kappa shape index (κ2) is 7.36. The van der Waals surface area contributed by atoms with Crippen LogP contribution in [0.25, 0.3) is 0 Å². The second-order valence-electron chi connectivity index (χ2n) is 6.04. The minimum absolute atomic E-state index is 0.117. The second-order valence-corrected chi connectivity index (χ2v) is 6.98. The highest BCUT2D eigenvalue weighted by molar-refractivity contribution is 7.09. The van der Waals surface area contributed by atoms with E-state index in [1.54, 1.807) is 11.3 Å². The minimum Gasteiger partial charge on any atom is -0.395 e. The first-order chi connectivity index (χ1) is 8.92. The van der Waals surface area contributed by atoms with Crippen LogP contribution < -0.4 is 0 Å². The zero-order chi connectivity index (χ0) is 14.5. The maximum absolute atomic E-state index is 9.23. The Bertz CT molecular complexity index is 366. The molecule has 0 aromatic carbocycles. The third-order valence-electron chi connectivity index (χ3n) is 3.50. The number of aliphatic hydroxyl groups excluding tert-OH is 1. The van der Waals surface area contributed by atoms with Gasteiger partial charge in [-0.05, 0) is 12.8 Å². The van der Waals surface area contributed by atoms with Crippen molar-refractivity contribution in [2.75, 3.05) is 13.2 Å². The molecule has 0 saturated carbocycles. The topological polar surface area (TPSA) is 36.4 Å². The van der Waals surface area contributed by atoms with Crippen molar-refractivity contribution in [2.24, 2.45) is 0 Å². The van der Waals surface area contributed by atoms with E-state index in [0.717, 1.165) is 30.9 Å². The molecule has 0 aliphatic heterocycles. The average molecular weight is 284 g/mol. The quantitative estimate of drug-likeness (QED) is 0.833. The predicted molar refractivity (Wildman–Crippen MR) is 82.7 cm³/mol. The number of hydrogen-bond donors (Lipinski definition) is 1. The molecule has 0 saturated heterocycles. The van der Waals surface area contributed by atoms with Crippen LogP contribution in [0.1, 0.15) is 58.2 Å². The van der Waals surface area contributed by atoms with Crippen molar-refractivity contribution in [3.63, 3.8) is 0 Å². The Morgan fingerprint density at radius 1 is 1.32 bits per heavy atom. The summed E-state index contributed by atoms with van der Waals surface area (Å²) in [6.45, 7) is 12.8. The minimum atomic E-state index is 0.117. The molecule has 1 aromatic rings. The molecule has 0 aliphatic carbocycles. The Labute approximate surface area is 121 Å². The predicted octanol–water partition coefficient (Wildman–Crippen LogP) is 3.42. The fourth-order valence-corrected chi connectivity index (χ4v) is 3.27. The average Bonchev–Trinajstić information content (AvgIpc) is 2.79. The molecule has 0 radical (unpaired) electrons. The lowest BCUT2D eigenvalue weighted by molar-refractivity contribution is 0.136. The van der Waals surface area contributed by atoms with E-state index in [1.165, 1.54) is 5.69 Å². The molecule has 1 rings (SSSR count). The summed E-state index contributed by atoms with van der Waals surface area (Å²) in [5, 5.41) is 12.6. The van der Waals surface area contributed by atoms with Gasteiger partial charge in [0.1, 0.15) is 5.01 Å². The molecule has 0 aliphatic rings. The molecule has 0 spiro atoms. The van der Waals surface area contributed by atoms with Gasteiger partial charge in [0.05, 0.1) is 18.8 Å². The number of aliphatic hydroxyl groups is 1. The van der Waals surface area contributed by atoms with Gasteiger partial charge >= 0.3 is 0 Å². The Morgan fingerprint density at radius 3 is 2.37 bits per heavy atom. The van der Waals surface area contributed by atoms with Crippen LogP contribution in [-0.2, 0) is 12.0 Å². The van der Waals surface area contributed by atoms with Gasteiger partial charge in [-0.3, -0.25) is 4.90 Å². The van der Waals surface area contributed by atoms with Gasteiger partial charge in [-0.2, -0.15) is 0 Å². The van der Waals surface area contributed by atoms with Crippen LogP contribution in [0.15, 0.2) is 5.38 Å². The lowest BCUT2D eigenvalue weighted by atomic mass is 9.93. The van der Waals surface area contributed by atoms with Gasteiger partial charge in [0.15, 0.2) is 0 Å². The van der Waals surface area contributed by atoms with Gasteiger partial charge in [0, 0.05) is 23.4 Å². The van der Waals surface area contributed by atoms with Crippen molar-refractivity contribution in [3.05, 3.63) is 16.1 Å². The Balaban J connectivity index is 2.76. The highest BCUT2D eigenvalue weighted by Crippen LogP contribution is 2.25. The van der Waals surface area contributed by atoms with Crippen LogP contribution in [0.3, 0.4) is 0 Å². The number of hydrogen-bond acceptors (Lipinski definition) is 4. The van der Waals surface area contributed by atoms with Gasteiger partial charge < -0.3 is 5.11 Å². The van der Waals surface area contributed by atoms with Gasteiger partial charge in [-0.1, -0.05) is 34.6 Å². The normalized spacial score (nSPS) is 12.6. The highest BCUT2D eigenvalue weighted by Gasteiger charge is 2.20. The zero-order valence-corrected chi connectivity index (χ0v) is 13.8. The van der Waals surface area contributed by atoms with Crippen molar-refractivity contribution in [1.82, 2.24) is 9.88 Å². The molecule has 1 N–H and O–H groups in total. The van der Waals surface area contributed by atoms with Crippen LogP contribution in [0.4, 0.5) is 0 Å². The highest BCUT2D eigenvalue weighted by atomic mass is 32.1. The van der Waals surface area contributed by atoms with Gasteiger partial charge in [-0.15, -0.1) is 11.3 Å². The summed E-state index contributed by atoms with van der Waals surface area (Å²) in [5.41, 5.74) is 1.28. The van der Waals surface area contributed by atoms with E-state index in [1.807, 2.05) is 0 Å². The molecule has 1 heterocycles. The molecule has 0 amide bonds. The van der Waals surface area contributed by atoms with Crippen molar-refractivity contribution in [1.29, 1.82) is 0 Å². The first-order valence-corrected chi connectivity index (χ1v) is 8.10. The molecule has 0 bridgehead atoms. The summed E-state index contributed by atoms with van der Waals surface area (Å²) < 4.78 is 0. The van der Waals surface area contributed by atoms with E-state index < -0.39 is 0 Å². The monoisotopic (exact) mass is 284 g/mol. The lowest BCUT2D eigenvalue weighted by Gasteiger charge is -2.28. The van der Waals surface area contributed by atoms with Crippen LogP contribution in [-0.4, -0.2) is 34.2 Å². The third-order valence-corrected chi connectivity index (χ3v) is 4.34. The summed E-state index contributed by atoms with van der Waals surface area (Å²) in [5.74, 6) is 0. The number of aromatic nitrogens is 1. The summed E-state index contributed by atoms with van der Waals surface area (Å²) in [7, 11) is 0. The van der Waals surface area contributed by atoms with E-state index in [4.69, 9.17) is 4.98 Å². The molecular weight excluding hydrogens is 256 g/mol. The molecule has 1 aromatic heterocycles. The number of rotatable bonds is 7. The summed E-state index contributed by atoms with van der Waals surface area (Å²) in [4.78, 5) is 7.10. The standard InChI is InChI=1S/C15H28N2OS/c1-6-12(7-2)17(8-9-18)10-14-16-13(11-19-14)15(3,4)5/h11-12,18H,6-10H2,1-5H3. The van der Waals surface area contributed by atoms with Crippen molar-refractivity contribution in [3.8, 4) is 0 Å². The fraction of sp³-hybridized carbons (Fsp3) is 0.800. The first-order valence-electron chi connectivity index (χ1n) is 7.22. The number of thiazole rings is 1. The fourth-order valence-electron chi connectivity index (χ4n) is 2.23. The van der Waals surface area contributed by atoms with Crippen LogP contribution in [0.5, 0.6) is 0 Å². The molecular formula is C15H28N2OS. The van der Waals surface area contributed by atoms with Crippen molar-refractivity contribution < 1.29 is 5.11 Å². The smallest absolute Gasteiger partial charge is 0.107 e. The third kappa shape index (κ3) is 4.86. The zero-order valence-electron chi connectivity index (χ0n) is 12.9. The van der Waals surface area contributed by atoms with Crippen molar-refractivity contribution in [2.45, 2.75) is 65.5 Å². The van der Waals surface area contributed by atoms with Crippen molar-refractivity contribution >= 4 is 11.3 Å². The van der Waals surface area contributed by atoms with E-state index >= 15 is 0 Å². The lowest BCUT2D eigenvalue weighted by Crippen LogP contribution is -2.36. The summed E-state index contributed by atoms with van der Waals surface area (Å²) in [6.07, 6.45) is 2.24. The largest absolute Gasteiger partial charge is 0.395 e. The van der Waals surface area contributed by atoms with Crippen LogP contribution in [0.2, 0.25) is 0 Å². The Hall–Kier alpha value is -0.450. The Kier molecular flexibility index (Phi) is 6.43. The Morgan fingerprint density at radius 2 is 1.95 bits per heavy atom. The SMILES string of the molecule is CCC(CC)N(CCO)Cc1nc(C(C)(C)C)cs1. The number of nitrogens with zero attached hydrogens (tertiary/aromatic N) is 2. The van der Waals surface area contributed by atoms with E-state index in [-0.39, 0.29) is 12.0 Å². The molecule has 4 heteroatoms. The molecule has 0 atom stereocenters. The van der Waals surface area contributed by atoms with Crippen LogP contribution in [0, 0.1) is 0 Å². The summed E-state index contributed by atoms with van der Waals surface area (Å²) >= 11 is 1.73. The summed E-state index contributed by atoms with van der Waals surface area (Å²) in [6, 6.07) is 0.536. The molecule has 0 fully saturated rings.